The summed E-state index contributed by atoms with van der Waals surface area (Å²) in [4.78, 5) is 18.0. The zero-order valence-electron chi connectivity index (χ0n) is 13.9. The average Bonchev–Trinajstić information content (AvgIpc) is 2.68. The molecule has 25 heavy (non-hydrogen) atoms. The molecule has 0 aliphatic rings. The molecule has 1 heterocycles. The van der Waals surface area contributed by atoms with Gasteiger partial charge in [0.2, 0.25) is 0 Å². The minimum absolute atomic E-state index is 0.256. The van der Waals surface area contributed by atoms with Crippen LogP contribution in [-0.4, -0.2) is 16.2 Å². The highest BCUT2D eigenvalue weighted by Crippen LogP contribution is 2.28. The van der Waals surface area contributed by atoms with Crippen LogP contribution in [0, 0.1) is 0 Å². The Labute approximate surface area is 152 Å². The van der Waals surface area contributed by atoms with Gasteiger partial charge in [0, 0.05) is 11.1 Å². The molecule has 2 aromatic carbocycles. The van der Waals surface area contributed by atoms with Gasteiger partial charge in [-0.2, -0.15) is 0 Å². The monoisotopic (exact) mass is 349 g/mol. The van der Waals surface area contributed by atoms with E-state index in [9.17, 15) is 4.79 Å². The van der Waals surface area contributed by atoms with Gasteiger partial charge in [0.25, 0.3) is 0 Å². The number of pyridine rings is 1. The van der Waals surface area contributed by atoms with Gasteiger partial charge >= 0.3 is 5.97 Å². The molecule has 2 unspecified atom stereocenters. The molecule has 3 aromatic rings. The van der Waals surface area contributed by atoms with E-state index in [1.807, 2.05) is 85.8 Å². The minimum Gasteiger partial charge on any atom is -0.450 e. The summed E-state index contributed by atoms with van der Waals surface area (Å²) in [5.74, 6) is -0.256. The highest BCUT2D eigenvalue weighted by atomic mass is 32.2. The lowest BCUT2D eigenvalue weighted by atomic mass is 10.1. The molecule has 0 saturated heterocycles. The summed E-state index contributed by atoms with van der Waals surface area (Å²) in [5, 5.41) is -0.308. The second kappa shape index (κ2) is 8.49. The van der Waals surface area contributed by atoms with Gasteiger partial charge in [-0.25, -0.2) is 0 Å². The zero-order valence-corrected chi connectivity index (χ0v) is 14.7. The average molecular weight is 349 g/mol. The van der Waals surface area contributed by atoms with Crippen molar-refractivity contribution in [3.8, 4) is 0 Å². The van der Waals surface area contributed by atoms with Crippen molar-refractivity contribution in [3.05, 3.63) is 96.3 Å². The maximum atomic E-state index is 12.6. The van der Waals surface area contributed by atoms with E-state index in [2.05, 4.69) is 4.98 Å². The molecule has 1 aromatic heterocycles. The summed E-state index contributed by atoms with van der Waals surface area (Å²) < 4.78 is 5.83. The molecule has 126 valence electrons. The molecular weight excluding hydrogens is 330 g/mol. The van der Waals surface area contributed by atoms with Gasteiger partial charge in [0.1, 0.15) is 5.25 Å². The fourth-order valence-electron chi connectivity index (χ4n) is 2.42. The van der Waals surface area contributed by atoms with Crippen molar-refractivity contribution in [1.82, 2.24) is 4.98 Å². The van der Waals surface area contributed by atoms with Crippen molar-refractivity contribution in [2.75, 3.05) is 0 Å². The molecule has 0 amide bonds. The van der Waals surface area contributed by atoms with Crippen LogP contribution in [0.4, 0.5) is 0 Å². The lowest BCUT2D eigenvalue weighted by molar-refractivity contribution is -0.146. The Hall–Kier alpha value is -2.59. The Morgan fingerprint density at radius 2 is 1.56 bits per heavy atom. The number of benzene rings is 2. The van der Waals surface area contributed by atoms with Crippen LogP contribution in [0.3, 0.4) is 0 Å². The van der Waals surface area contributed by atoms with Crippen LogP contribution in [0.15, 0.2) is 90.0 Å². The lowest BCUT2D eigenvalue weighted by Gasteiger charge is -2.20. The molecule has 4 heteroatoms. The van der Waals surface area contributed by atoms with Crippen molar-refractivity contribution < 1.29 is 9.53 Å². The topological polar surface area (TPSA) is 39.2 Å². The van der Waals surface area contributed by atoms with E-state index in [1.54, 1.807) is 6.20 Å². The van der Waals surface area contributed by atoms with Gasteiger partial charge in [0.05, 0.1) is 5.69 Å². The first-order valence-electron chi connectivity index (χ1n) is 8.12. The molecular formula is C21H19NO2S. The van der Waals surface area contributed by atoms with E-state index < -0.39 is 6.10 Å². The van der Waals surface area contributed by atoms with Crippen molar-refractivity contribution in [3.63, 3.8) is 0 Å². The van der Waals surface area contributed by atoms with Gasteiger partial charge in [-0.15, -0.1) is 11.8 Å². The maximum Gasteiger partial charge on any atom is 0.320 e. The van der Waals surface area contributed by atoms with E-state index in [-0.39, 0.29) is 11.2 Å². The van der Waals surface area contributed by atoms with E-state index in [0.717, 1.165) is 16.2 Å². The third kappa shape index (κ3) is 4.70. The van der Waals surface area contributed by atoms with Crippen molar-refractivity contribution in [1.29, 1.82) is 0 Å². The summed E-state index contributed by atoms with van der Waals surface area (Å²) >= 11 is 1.49. The number of carbonyl (C=O) groups is 1. The Bertz CT molecular complexity index is 754. The van der Waals surface area contributed by atoms with E-state index >= 15 is 0 Å². The number of aromatic nitrogens is 1. The first-order valence-corrected chi connectivity index (χ1v) is 9.00. The van der Waals surface area contributed by atoms with Crippen LogP contribution < -0.4 is 0 Å². The van der Waals surface area contributed by atoms with Crippen LogP contribution >= 0.6 is 11.8 Å². The molecule has 3 nitrogen and oxygen atoms in total. The number of esters is 1. The third-order valence-electron chi connectivity index (χ3n) is 3.68. The number of ether oxygens (including phenoxy) is 1. The summed E-state index contributed by atoms with van der Waals surface area (Å²) in [6.45, 7) is 1.86. The predicted molar refractivity (Wildman–Crippen MR) is 100 cm³/mol. The Morgan fingerprint density at radius 1 is 0.920 bits per heavy atom. The lowest BCUT2D eigenvalue weighted by Crippen LogP contribution is -2.21. The predicted octanol–water partition coefficient (Wildman–Crippen LogP) is 4.90. The molecule has 3 rings (SSSR count). The third-order valence-corrected chi connectivity index (χ3v) is 4.77. The van der Waals surface area contributed by atoms with Crippen molar-refractivity contribution in [2.24, 2.45) is 0 Å². The standard InChI is InChI=1S/C21H19NO2S/c1-16(25-18-12-6-3-7-13-18)21(23)24-20(17-10-4-2-5-11-17)19-14-8-9-15-22-19/h2-16,20H,1H3. The normalized spacial score (nSPS) is 13.0. The van der Waals surface area contributed by atoms with E-state index in [0.29, 0.717) is 0 Å². The molecule has 0 fully saturated rings. The van der Waals surface area contributed by atoms with Crippen LogP contribution in [0.5, 0.6) is 0 Å². The molecule has 0 spiro atoms. The number of hydrogen-bond acceptors (Lipinski definition) is 4. The van der Waals surface area contributed by atoms with Crippen LogP contribution in [0.2, 0.25) is 0 Å². The SMILES string of the molecule is CC(Sc1ccccc1)C(=O)OC(c1ccccc1)c1ccccn1. The highest BCUT2D eigenvalue weighted by Gasteiger charge is 2.24. The van der Waals surface area contributed by atoms with Gasteiger partial charge in [-0.1, -0.05) is 54.6 Å². The van der Waals surface area contributed by atoms with Gasteiger partial charge < -0.3 is 4.74 Å². The van der Waals surface area contributed by atoms with Gasteiger partial charge in [0.15, 0.2) is 6.10 Å². The molecule has 0 aliphatic heterocycles. The van der Waals surface area contributed by atoms with Crippen LogP contribution in [0.1, 0.15) is 24.3 Å². The first-order chi connectivity index (χ1) is 12.2. The van der Waals surface area contributed by atoms with Gasteiger partial charge in [-0.3, -0.25) is 9.78 Å². The second-order valence-corrected chi connectivity index (χ2v) is 6.97. The zero-order chi connectivity index (χ0) is 17.5. The van der Waals surface area contributed by atoms with Crippen molar-refractivity contribution in [2.45, 2.75) is 23.2 Å². The van der Waals surface area contributed by atoms with Crippen LogP contribution in [-0.2, 0) is 9.53 Å². The summed E-state index contributed by atoms with van der Waals surface area (Å²) in [6.07, 6.45) is 1.20. The Kier molecular flexibility index (Phi) is 5.86. The summed E-state index contributed by atoms with van der Waals surface area (Å²) in [7, 11) is 0. The molecule has 0 aliphatic carbocycles. The number of nitrogens with zero attached hydrogens (tertiary/aromatic N) is 1. The molecule has 2 atom stereocenters. The van der Waals surface area contributed by atoms with Crippen LogP contribution in [0.25, 0.3) is 0 Å². The minimum atomic E-state index is -0.506. The highest BCUT2D eigenvalue weighted by molar-refractivity contribution is 8.00. The summed E-state index contributed by atoms with van der Waals surface area (Å²) in [6, 6.07) is 25.2. The number of hydrogen-bond donors (Lipinski definition) is 0. The number of carbonyl (C=O) groups excluding carboxylic acids is 1. The largest absolute Gasteiger partial charge is 0.450 e. The van der Waals surface area contributed by atoms with Crippen molar-refractivity contribution >= 4 is 17.7 Å². The Morgan fingerprint density at radius 3 is 2.20 bits per heavy atom. The quantitative estimate of drug-likeness (QED) is 0.469. The summed E-state index contributed by atoms with van der Waals surface area (Å²) in [5.41, 5.74) is 1.63. The fraction of sp³-hybridized carbons (Fsp3) is 0.143. The fourth-order valence-corrected chi connectivity index (χ4v) is 3.30. The first kappa shape index (κ1) is 17.2. The second-order valence-electron chi connectivity index (χ2n) is 5.56. The molecule has 0 saturated carbocycles. The van der Waals surface area contributed by atoms with Gasteiger partial charge in [-0.05, 0) is 36.8 Å². The molecule has 0 bridgehead atoms. The number of rotatable bonds is 6. The van der Waals surface area contributed by atoms with E-state index in [1.165, 1.54) is 11.8 Å². The van der Waals surface area contributed by atoms with E-state index in [4.69, 9.17) is 4.74 Å². The smallest absolute Gasteiger partial charge is 0.320 e. The molecule has 0 radical (unpaired) electrons. The number of thioether (sulfide) groups is 1. The Balaban J connectivity index is 1.77. The molecule has 0 N–H and O–H groups in total. The maximum absolute atomic E-state index is 12.6.